The highest BCUT2D eigenvalue weighted by molar-refractivity contribution is 6.05. The Hall–Kier alpha value is -2.82. The van der Waals surface area contributed by atoms with Crippen molar-refractivity contribution in [2.75, 3.05) is 14.2 Å². The molecule has 0 spiro atoms. The van der Waals surface area contributed by atoms with Gasteiger partial charge in [0.05, 0.1) is 14.2 Å². The van der Waals surface area contributed by atoms with E-state index in [2.05, 4.69) is 0 Å². The Bertz CT molecular complexity index is 868. The van der Waals surface area contributed by atoms with Gasteiger partial charge >= 0.3 is 5.97 Å². The summed E-state index contributed by atoms with van der Waals surface area (Å²) in [5.41, 5.74) is 2.31. The average Bonchev–Trinajstić information content (AvgIpc) is 3.12. The summed E-state index contributed by atoms with van der Waals surface area (Å²) in [6, 6.07) is 15.1. The first-order valence-electron chi connectivity index (χ1n) is 9.39. The predicted octanol–water partition coefficient (Wildman–Crippen LogP) is 4.39. The molecule has 0 saturated heterocycles. The van der Waals surface area contributed by atoms with Gasteiger partial charge in [-0.05, 0) is 56.5 Å². The van der Waals surface area contributed by atoms with Crippen molar-refractivity contribution in [1.82, 2.24) is 0 Å². The lowest BCUT2D eigenvalue weighted by Gasteiger charge is -2.24. The minimum atomic E-state index is -0.565. The molecule has 0 amide bonds. The fourth-order valence-corrected chi connectivity index (χ4v) is 3.42. The van der Waals surface area contributed by atoms with Crippen LogP contribution in [-0.4, -0.2) is 37.5 Å². The van der Waals surface area contributed by atoms with Gasteiger partial charge in [-0.2, -0.15) is 0 Å². The number of ether oxygens (including phenoxy) is 3. The van der Waals surface area contributed by atoms with Gasteiger partial charge in [-0.1, -0.05) is 30.3 Å². The summed E-state index contributed by atoms with van der Waals surface area (Å²) in [4.78, 5) is 17.6. The molecule has 28 heavy (non-hydrogen) atoms. The van der Waals surface area contributed by atoms with E-state index >= 15 is 0 Å². The number of rotatable bonds is 5. The number of hydrogen-bond acceptors (Lipinski definition) is 5. The van der Waals surface area contributed by atoms with Gasteiger partial charge in [-0.25, -0.2) is 4.79 Å². The molecule has 5 heteroatoms. The van der Waals surface area contributed by atoms with E-state index < -0.39 is 11.6 Å². The lowest BCUT2D eigenvalue weighted by atomic mass is 9.89. The molecule has 148 valence electrons. The number of nitrogens with zero attached hydrogens (tertiary/aromatic N) is 1. The molecule has 0 saturated carbocycles. The monoisotopic (exact) mass is 381 g/mol. The van der Waals surface area contributed by atoms with Crippen molar-refractivity contribution in [1.29, 1.82) is 0 Å². The second-order valence-corrected chi connectivity index (χ2v) is 7.85. The molecule has 1 aliphatic rings. The van der Waals surface area contributed by atoms with Crippen LogP contribution in [0.2, 0.25) is 0 Å². The van der Waals surface area contributed by atoms with Crippen LogP contribution in [0.4, 0.5) is 0 Å². The SMILES string of the molecule is COc1ccc(C2=N[C@H](C(=O)OC(C)(C)C)[C@@H](c3ccccc3)C2)cc1OC. The molecule has 0 fully saturated rings. The molecule has 2 aromatic rings. The number of hydrogen-bond donors (Lipinski definition) is 0. The minimum absolute atomic E-state index is 0.0563. The second-order valence-electron chi connectivity index (χ2n) is 7.85. The number of carbonyl (C=O) groups excluding carboxylic acids is 1. The molecule has 1 heterocycles. The summed E-state index contributed by atoms with van der Waals surface area (Å²) in [7, 11) is 3.21. The Labute approximate surface area is 166 Å². The van der Waals surface area contributed by atoms with Gasteiger partial charge < -0.3 is 14.2 Å². The van der Waals surface area contributed by atoms with Crippen molar-refractivity contribution < 1.29 is 19.0 Å². The number of carbonyl (C=O) groups is 1. The maximum absolute atomic E-state index is 12.9. The van der Waals surface area contributed by atoms with E-state index in [0.29, 0.717) is 17.9 Å². The van der Waals surface area contributed by atoms with Crippen molar-refractivity contribution in [3.05, 3.63) is 59.7 Å². The molecule has 0 unspecified atom stereocenters. The van der Waals surface area contributed by atoms with Gasteiger partial charge in [0, 0.05) is 11.6 Å². The van der Waals surface area contributed by atoms with Crippen molar-refractivity contribution in [3.8, 4) is 11.5 Å². The van der Waals surface area contributed by atoms with Crippen molar-refractivity contribution in [2.24, 2.45) is 4.99 Å². The molecule has 3 rings (SSSR count). The van der Waals surface area contributed by atoms with E-state index in [-0.39, 0.29) is 11.9 Å². The lowest BCUT2D eigenvalue weighted by molar-refractivity contribution is -0.156. The number of benzene rings is 2. The topological polar surface area (TPSA) is 57.1 Å². The molecule has 2 aromatic carbocycles. The van der Waals surface area contributed by atoms with Gasteiger partial charge in [-0.3, -0.25) is 4.99 Å². The zero-order chi connectivity index (χ0) is 20.3. The number of esters is 1. The van der Waals surface area contributed by atoms with Crippen LogP contribution < -0.4 is 9.47 Å². The third kappa shape index (κ3) is 4.35. The Balaban J connectivity index is 1.96. The summed E-state index contributed by atoms with van der Waals surface area (Å²) >= 11 is 0. The van der Waals surface area contributed by atoms with Gasteiger partial charge in [0.25, 0.3) is 0 Å². The molecule has 1 aliphatic heterocycles. The van der Waals surface area contributed by atoms with E-state index in [1.807, 2.05) is 69.3 Å². The number of aliphatic imine (C=N–C) groups is 1. The largest absolute Gasteiger partial charge is 0.493 e. The smallest absolute Gasteiger partial charge is 0.332 e. The summed E-state index contributed by atoms with van der Waals surface area (Å²) in [5, 5.41) is 0. The molecular formula is C23H27NO4. The summed E-state index contributed by atoms with van der Waals surface area (Å²) < 4.78 is 16.4. The molecule has 0 aliphatic carbocycles. The fraction of sp³-hybridized carbons (Fsp3) is 0.391. The molecule has 0 radical (unpaired) electrons. The Morgan fingerprint density at radius 2 is 1.68 bits per heavy atom. The highest BCUT2D eigenvalue weighted by Gasteiger charge is 2.38. The van der Waals surface area contributed by atoms with E-state index in [4.69, 9.17) is 19.2 Å². The molecule has 0 bridgehead atoms. The Morgan fingerprint density at radius 1 is 1.00 bits per heavy atom. The molecule has 5 nitrogen and oxygen atoms in total. The normalized spacial score (nSPS) is 19.1. The first kappa shape index (κ1) is 19.9. The van der Waals surface area contributed by atoms with Crippen molar-refractivity contribution in [2.45, 2.75) is 44.8 Å². The zero-order valence-electron chi connectivity index (χ0n) is 17.1. The molecule has 0 aromatic heterocycles. The molecule has 2 atom stereocenters. The zero-order valence-corrected chi connectivity index (χ0v) is 17.1. The van der Waals surface area contributed by atoms with Crippen LogP contribution >= 0.6 is 0 Å². The van der Waals surface area contributed by atoms with Crippen LogP contribution in [0.25, 0.3) is 0 Å². The highest BCUT2D eigenvalue weighted by atomic mass is 16.6. The van der Waals surface area contributed by atoms with Crippen LogP contribution in [0.5, 0.6) is 11.5 Å². The average molecular weight is 381 g/mol. The van der Waals surface area contributed by atoms with Gasteiger partial charge in [0.1, 0.15) is 5.60 Å². The summed E-state index contributed by atoms with van der Waals surface area (Å²) in [6.45, 7) is 5.61. The predicted molar refractivity (Wildman–Crippen MR) is 110 cm³/mol. The van der Waals surface area contributed by atoms with Crippen LogP contribution in [-0.2, 0) is 9.53 Å². The third-order valence-electron chi connectivity index (χ3n) is 4.68. The van der Waals surface area contributed by atoms with Gasteiger partial charge in [-0.15, -0.1) is 0 Å². The van der Waals surface area contributed by atoms with Crippen molar-refractivity contribution >= 4 is 11.7 Å². The fourth-order valence-electron chi connectivity index (χ4n) is 3.42. The van der Waals surface area contributed by atoms with E-state index in [9.17, 15) is 4.79 Å². The van der Waals surface area contributed by atoms with E-state index in [0.717, 1.165) is 16.8 Å². The third-order valence-corrected chi connectivity index (χ3v) is 4.68. The first-order chi connectivity index (χ1) is 13.3. The minimum Gasteiger partial charge on any atom is -0.493 e. The van der Waals surface area contributed by atoms with Crippen LogP contribution in [0.15, 0.2) is 53.5 Å². The summed E-state index contributed by atoms with van der Waals surface area (Å²) in [5.74, 6) is 0.948. The Kier molecular flexibility index (Phi) is 5.73. The van der Waals surface area contributed by atoms with E-state index in [1.54, 1.807) is 14.2 Å². The first-order valence-corrected chi connectivity index (χ1v) is 9.39. The highest BCUT2D eigenvalue weighted by Crippen LogP contribution is 2.37. The van der Waals surface area contributed by atoms with Crippen LogP contribution in [0.1, 0.15) is 44.2 Å². The maximum atomic E-state index is 12.9. The quantitative estimate of drug-likeness (QED) is 0.721. The van der Waals surface area contributed by atoms with Gasteiger partial charge in [0.2, 0.25) is 0 Å². The summed E-state index contributed by atoms with van der Waals surface area (Å²) in [6.07, 6.45) is 0.656. The molecule has 0 N–H and O–H groups in total. The van der Waals surface area contributed by atoms with E-state index in [1.165, 1.54) is 0 Å². The second kappa shape index (κ2) is 8.05. The standard InChI is InChI=1S/C23H27NO4/c1-23(2,3)28-22(25)21-17(15-9-7-6-8-10-15)14-18(24-21)16-11-12-19(26-4)20(13-16)27-5/h6-13,17,21H,14H2,1-5H3/t17-,21+/m1/s1. The number of methoxy groups -OCH3 is 2. The van der Waals surface area contributed by atoms with Crippen LogP contribution in [0, 0.1) is 0 Å². The molecular weight excluding hydrogens is 354 g/mol. The Morgan fingerprint density at radius 3 is 2.29 bits per heavy atom. The lowest BCUT2D eigenvalue weighted by Crippen LogP contribution is -2.32. The van der Waals surface area contributed by atoms with Crippen molar-refractivity contribution in [3.63, 3.8) is 0 Å². The van der Waals surface area contributed by atoms with Gasteiger partial charge in [0.15, 0.2) is 17.5 Å². The maximum Gasteiger partial charge on any atom is 0.332 e. The van der Waals surface area contributed by atoms with Crippen LogP contribution in [0.3, 0.4) is 0 Å².